The maximum Gasteiger partial charge on any atom is 0.00189 e. The van der Waals surface area contributed by atoms with Gasteiger partial charge in [-0.3, -0.25) is 0 Å². The van der Waals surface area contributed by atoms with Gasteiger partial charge in [-0.2, -0.15) is 11.8 Å². The number of hydrogen-bond donors (Lipinski definition) is 0. The second-order valence-corrected chi connectivity index (χ2v) is 6.97. The molecule has 1 saturated carbocycles. The van der Waals surface area contributed by atoms with E-state index in [1.807, 2.05) is 13.8 Å². The molecular formula is C15H30S. The second-order valence-electron chi connectivity index (χ2n) is 5.50. The molecule has 2 aliphatic rings. The summed E-state index contributed by atoms with van der Waals surface area (Å²) in [4.78, 5) is 0. The maximum absolute atomic E-state index is 2.42. The summed E-state index contributed by atoms with van der Waals surface area (Å²) in [6.07, 6.45) is 9.05. The SMILES string of the molecule is CC.CC1CCC(C2CCC(C)SC2)CC1. The van der Waals surface area contributed by atoms with Gasteiger partial charge in [0.1, 0.15) is 0 Å². The van der Waals surface area contributed by atoms with Crippen LogP contribution in [0, 0.1) is 17.8 Å². The number of thioether (sulfide) groups is 1. The Hall–Kier alpha value is 0.350. The molecule has 1 saturated heterocycles. The third-order valence-corrected chi connectivity index (χ3v) is 5.69. The fourth-order valence-corrected chi connectivity index (χ4v) is 4.35. The monoisotopic (exact) mass is 242 g/mol. The largest absolute Gasteiger partial charge is 0.159 e. The summed E-state index contributed by atoms with van der Waals surface area (Å²) in [5.41, 5.74) is 0. The van der Waals surface area contributed by atoms with Crippen molar-refractivity contribution in [1.82, 2.24) is 0 Å². The van der Waals surface area contributed by atoms with E-state index < -0.39 is 0 Å². The lowest BCUT2D eigenvalue weighted by molar-refractivity contribution is 0.213. The summed E-state index contributed by atoms with van der Waals surface area (Å²) < 4.78 is 0. The van der Waals surface area contributed by atoms with E-state index in [2.05, 4.69) is 25.6 Å². The molecule has 1 aliphatic heterocycles. The van der Waals surface area contributed by atoms with Crippen molar-refractivity contribution in [2.45, 2.75) is 71.5 Å². The van der Waals surface area contributed by atoms with E-state index in [1.165, 1.54) is 44.3 Å². The fourth-order valence-electron chi connectivity index (χ4n) is 3.03. The fraction of sp³-hybridized carbons (Fsp3) is 1.00. The highest BCUT2D eigenvalue weighted by Crippen LogP contribution is 2.40. The molecule has 2 fully saturated rings. The normalized spacial score (nSPS) is 39.8. The third kappa shape index (κ3) is 4.31. The van der Waals surface area contributed by atoms with Crippen molar-refractivity contribution in [2.24, 2.45) is 17.8 Å². The molecule has 0 radical (unpaired) electrons. The average Bonchev–Trinajstić information content (AvgIpc) is 2.34. The Bertz CT molecular complexity index is 142. The molecule has 2 atom stereocenters. The Morgan fingerprint density at radius 2 is 1.31 bits per heavy atom. The first-order valence-electron chi connectivity index (χ1n) is 7.37. The van der Waals surface area contributed by atoms with E-state index in [0.717, 1.165) is 23.0 Å². The zero-order chi connectivity index (χ0) is 12.0. The molecule has 1 heteroatoms. The van der Waals surface area contributed by atoms with Crippen LogP contribution in [0.4, 0.5) is 0 Å². The van der Waals surface area contributed by atoms with Gasteiger partial charge in [-0.05, 0) is 49.2 Å². The highest BCUT2D eigenvalue weighted by molar-refractivity contribution is 7.99. The van der Waals surface area contributed by atoms with Gasteiger partial charge in [0.05, 0.1) is 0 Å². The highest BCUT2D eigenvalue weighted by atomic mass is 32.2. The molecule has 0 aromatic rings. The van der Waals surface area contributed by atoms with Crippen LogP contribution in [-0.2, 0) is 0 Å². The molecule has 2 rings (SSSR count). The van der Waals surface area contributed by atoms with Crippen LogP contribution in [0.25, 0.3) is 0 Å². The van der Waals surface area contributed by atoms with E-state index in [9.17, 15) is 0 Å². The van der Waals surface area contributed by atoms with Crippen LogP contribution in [0.1, 0.15) is 66.2 Å². The van der Waals surface area contributed by atoms with E-state index in [1.54, 1.807) is 0 Å². The van der Waals surface area contributed by atoms with E-state index in [4.69, 9.17) is 0 Å². The molecule has 2 unspecified atom stereocenters. The molecule has 0 nitrogen and oxygen atoms in total. The molecule has 0 bridgehead atoms. The molecule has 16 heavy (non-hydrogen) atoms. The summed E-state index contributed by atoms with van der Waals surface area (Å²) in [5, 5.41) is 0.939. The Balaban J connectivity index is 0.000000606. The van der Waals surface area contributed by atoms with Gasteiger partial charge in [-0.15, -0.1) is 0 Å². The first-order chi connectivity index (χ1) is 7.75. The predicted octanol–water partition coefficient (Wildman–Crippen LogP) is 5.37. The summed E-state index contributed by atoms with van der Waals surface area (Å²) in [5.74, 6) is 4.64. The average molecular weight is 242 g/mol. The zero-order valence-corrected chi connectivity index (χ0v) is 12.5. The van der Waals surface area contributed by atoms with Crippen LogP contribution in [0.5, 0.6) is 0 Å². The van der Waals surface area contributed by atoms with Gasteiger partial charge in [0.15, 0.2) is 0 Å². The molecular weight excluding hydrogens is 212 g/mol. The topological polar surface area (TPSA) is 0 Å². The minimum absolute atomic E-state index is 0.939. The molecule has 0 spiro atoms. The van der Waals surface area contributed by atoms with Crippen molar-refractivity contribution < 1.29 is 0 Å². The first kappa shape index (κ1) is 14.4. The maximum atomic E-state index is 2.42. The van der Waals surface area contributed by atoms with Crippen molar-refractivity contribution in [3.63, 3.8) is 0 Å². The lowest BCUT2D eigenvalue weighted by atomic mass is 9.75. The summed E-state index contributed by atoms with van der Waals surface area (Å²) in [7, 11) is 0. The number of rotatable bonds is 1. The van der Waals surface area contributed by atoms with Gasteiger partial charge in [-0.25, -0.2) is 0 Å². The van der Waals surface area contributed by atoms with Crippen LogP contribution in [-0.4, -0.2) is 11.0 Å². The van der Waals surface area contributed by atoms with Crippen molar-refractivity contribution in [3.8, 4) is 0 Å². The minimum Gasteiger partial charge on any atom is -0.159 e. The van der Waals surface area contributed by atoms with Crippen LogP contribution in [0.3, 0.4) is 0 Å². The van der Waals surface area contributed by atoms with Crippen molar-refractivity contribution >= 4 is 11.8 Å². The van der Waals surface area contributed by atoms with Gasteiger partial charge < -0.3 is 0 Å². The Labute approximate surface area is 107 Å². The summed E-state index contributed by atoms with van der Waals surface area (Å²) in [6.45, 7) is 8.82. The highest BCUT2D eigenvalue weighted by Gasteiger charge is 2.28. The van der Waals surface area contributed by atoms with Gasteiger partial charge in [-0.1, -0.05) is 40.5 Å². The van der Waals surface area contributed by atoms with Crippen molar-refractivity contribution in [3.05, 3.63) is 0 Å². The molecule has 0 aromatic carbocycles. The molecule has 96 valence electrons. The lowest BCUT2D eigenvalue weighted by Gasteiger charge is -2.36. The van der Waals surface area contributed by atoms with Crippen molar-refractivity contribution in [1.29, 1.82) is 0 Å². The van der Waals surface area contributed by atoms with Crippen LogP contribution >= 0.6 is 11.8 Å². The van der Waals surface area contributed by atoms with Crippen LogP contribution in [0.2, 0.25) is 0 Å². The third-order valence-electron chi connectivity index (χ3n) is 4.27. The van der Waals surface area contributed by atoms with E-state index in [0.29, 0.717) is 0 Å². The van der Waals surface area contributed by atoms with Gasteiger partial charge >= 0.3 is 0 Å². The zero-order valence-electron chi connectivity index (χ0n) is 11.7. The Morgan fingerprint density at radius 3 is 1.81 bits per heavy atom. The van der Waals surface area contributed by atoms with Gasteiger partial charge in [0.2, 0.25) is 0 Å². The molecule has 1 heterocycles. The van der Waals surface area contributed by atoms with E-state index >= 15 is 0 Å². The Morgan fingerprint density at radius 1 is 0.750 bits per heavy atom. The first-order valence-corrected chi connectivity index (χ1v) is 8.42. The Kier molecular flexibility index (Phi) is 6.87. The standard InChI is InChI=1S/C13H24S.C2H6/c1-10-3-6-12(7-4-10)13-8-5-11(2)14-9-13;1-2/h10-13H,3-9H2,1-2H3;1-2H3. The molecule has 0 amide bonds. The smallest absolute Gasteiger partial charge is 0.00189 e. The molecule has 1 aliphatic carbocycles. The van der Waals surface area contributed by atoms with Gasteiger partial charge in [0, 0.05) is 5.25 Å². The summed E-state index contributed by atoms with van der Waals surface area (Å²) in [6, 6.07) is 0. The quantitative estimate of drug-likeness (QED) is 0.595. The number of hydrogen-bond acceptors (Lipinski definition) is 1. The van der Waals surface area contributed by atoms with E-state index in [-0.39, 0.29) is 0 Å². The summed E-state index contributed by atoms with van der Waals surface area (Å²) >= 11 is 2.22. The van der Waals surface area contributed by atoms with Gasteiger partial charge in [0.25, 0.3) is 0 Å². The van der Waals surface area contributed by atoms with Crippen molar-refractivity contribution in [2.75, 3.05) is 5.75 Å². The second kappa shape index (κ2) is 7.63. The van der Waals surface area contributed by atoms with Crippen LogP contribution < -0.4 is 0 Å². The predicted molar refractivity (Wildman–Crippen MR) is 77.1 cm³/mol. The lowest BCUT2D eigenvalue weighted by Crippen LogP contribution is -2.26. The molecule has 0 aromatic heterocycles. The molecule has 0 N–H and O–H groups in total. The van der Waals surface area contributed by atoms with Crippen LogP contribution in [0.15, 0.2) is 0 Å². The minimum atomic E-state index is 0.939.